The molecule has 0 aromatic rings. The van der Waals surface area contributed by atoms with Gasteiger partial charge in [-0.2, -0.15) is 0 Å². The van der Waals surface area contributed by atoms with Crippen LogP contribution < -0.4 is 15.6 Å². The number of rotatable bonds is 0. The standard InChI is InChI=1S/Be.3FH.H3N/h;3*1H;1H3/q+2;;;;/p-2. The van der Waals surface area contributed by atoms with Crippen molar-refractivity contribution in [2.45, 2.75) is 0 Å². The second kappa shape index (κ2) is 5070. The van der Waals surface area contributed by atoms with Gasteiger partial charge >= 0.3 is 10.1 Å². The summed E-state index contributed by atoms with van der Waals surface area (Å²) in [5.41, 5.74) is 0. The Morgan fingerprint density at radius 2 is 0.800 bits per heavy atom. The van der Waals surface area contributed by atoms with Crippen LogP contribution in [0.5, 0.6) is 0 Å². The monoisotopic (exact) mass is 84.0 g/mol. The number of hydrogen-bond acceptors (Lipinski definition) is 1. The zero-order valence-electron chi connectivity index (χ0n) is 2.58. The van der Waals surface area contributed by atoms with E-state index in [0.717, 1.165) is 0 Å². The molecule has 0 fully saturated rings. The summed E-state index contributed by atoms with van der Waals surface area (Å²) in [6.45, 7) is 0. The van der Waals surface area contributed by atoms with Crippen LogP contribution in [-0.4, -0.2) is 10.1 Å². The zero-order valence-corrected chi connectivity index (χ0v) is 2.58. The Morgan fingerprint density at radius 1 is 0.800 bits per heavy atom. The minimum Gasteiger partial charge on any atom is -1.00 e. The summed E-state index contributed by atoms with van der Waals surface area (Å²) in [5.74, 6) is 0. The fraction of sp³-hybridized carbons (Fsp3) is 0. The van der Waals surface area contributed by atoms with Crippen LogP contribution in [0.1, 0.15) is 0 Å². The van der Waals surface area contributed by atoms with Gasteiger partial charge in [0.25, 0.3) is 0 Å². The zero-order chi connectivity index (χ0) is 0. The molecule has 0 aromatic carbocycles. The van der Waals surface area contributed by atoms with Gasteiger partial charge in [0.15, 0.2) is 0 Å². The maximum Gasteiger partial charge on any atom is 2.00 e. The smallest absolute Gasteiger partial charge is 1.00 e. The van der Waals surface area contributed by atoms with E-state index in [9.17, 15) is 0 Å². The van der Waals surface area contributed by atoms with E-state index >= 15 is 0 Å². The molecule has 0 bridgehead atoms. The first-order chi connectivity index (χ1) is 0. The molecule has 0 rings (SSSR count). The predicted octanol–water partition coefficient (Wildman–Crippen LogP) is -6.06. The van der Waals surface area contributed by atoms with Crippen molar-refractivity contribution in [2.24, 2.45) is 0 Å². The van der Waals surface area contributed by atoms with Crippen LogP contribution in [0.2, 0.25) is 0 Å². The molecular weight excluding hydrogens is 80.0 g/mol. The molecule has 5 heavy (non-hydrogen) atoms. The topological polar surface area (TPSA) is 35.0 Å². The van der Waals surface area contributed by atoms with Gasteiger partial charge in [0, 0.05) is 0 Å². The van der Waals surface area contributed by atoms with Crippen LogP contribution in [0.3, 0.4) is 0 Å². The van der Waals surface area contributed by atoms with Crippen LogP contribution >= 0.6 is 0 Å². The molecule has 0 saturated heterocycles. The van der Waals surface area contributed by atoms with Gasteiger partial charge in [-0.25, -0.2) is 0 Å². The second-order valence-electron chi connectivity index (χ2n) is 0. The molecule has 0 aliphatic heterocycles. The van der Waals surface area contributed by atoms with Crippen molar-refractivity contribution in [3.05, 3.63) is 0 Å². The van der Waals surface area contributed by atoms with Crippen LogP contribution in [0.4, 0.5) is 4.70 Å². The van der Waals surface area contributed by atoms with E-state index in [0.29, 0.717) is 0 Å². The fourth-order valence-electron chi connectivity index (χ4n) is 0. The summed E-state index contributed by atoms with van der Waals surface area (Å²) in [6, 6.07) is 0. The minimum absolute atomic E-state index is 0. The van der Waals surface area contributed by atoms with Gasteiger partial charge in [0.05, 0.1) is 0 Å². The summed E-state index contributed by atoms with van der Waals surface area (Å²) in [4.78, 5) is 0. The first kappa shape index (κ1) is 11500. The van der Waals surface area contributed by atoms with Crippen molar-refractivity contribution in [1.29, 1.82) is 0 Å². The van der Waals surface area contributed by atoms with Crippen molar-refractivity contribution < 1.29 is 14.1 Å². The van der Waals surface area contributed by atoms with Crippen LogP contribution in [0.25, 0.3) is 0 Å². The average Bonchev–Trinajstić information content (AvgIpc) is 0. The number of halogens is 3. The van der Waals surface area contributed by atoms with Crippen molar-refractivity contribution in [3.63, 3.8) is 0 Å². The van der Waals surface area contributed by atoms with E-state index in [1.807, 2.05) is 0 Å². The van der Waals surface area contributed by atoms with Gasteiger partial charge in [-0.1, -0.05) is 0 Å². The van der Waals surface area contributed by atoms with Gasteiger partial charge in [-0.3, -0.25) is 4.70 Å². The predicted molar refractivity (Wildman–Crippen MR) is 13.3 cm³/mol. The average molecular weight is 84.0 g/mol. The van der Waals surface area contributed by atoms with Crippen LogP contribution in [0, 0.1) is 0 Å². The van der Waals surface area contributed by atoms with E-state index in [-0.39, 0.29) is 30.4 Å². The molecule has 0 aliphatic carbocycles. The Balaban J connectivity index is 0. The summed E-state index contributed by atoms with van der Waals surface area (Å²) >= 11 is 0. The Labute approximate surface area is 31.7 Å². The van der Waals surface area contributed by atoms with E-state index in [4.69, 9.17) is 0 Å². The molecular formula is H4BeF3N. The molecule has 1 nitrogen and oxygen atoms in total. The maximum atomic E-state index is 0. The molecule has 0 unspecified atom stereocenters. The molecule has 3 N–H and O–H groups in total. The van der Waals surface area contributed by atoms with Crippen molar-refractivity contribution in [2.75, 3.05) is 0 Å². The maximum absolute atomic E-state index is 0. The Bertz CT molecular complexity index is 6.85. The molecule has 0 saturated carbocycles. The second-order valence-corrected chi connectivity index (χ2v) is 0. The molecule has 5 heteroatoms. The van der Waals surface area contributed by atoms with Gasteiger partial charge in [0.1, 0.15) is 0 Å². The summed E-state index contributed by atoms with van der Waals surface area (Å²) in [6.07, 6.45) is 0. The van der Waals surface area contributed by atoms with E-state index in [1.165, 1.54) is 0 Å². The Hall–Kier alpha value is -0.0812. The normalized spacial score (nSPS) is 0. The molecule has 0 aromatic heterocycles. The third-order valence-electron chi connectivity index (χ3n) is 0. The summed E-state index contributed by atoms with van der Waals surface area (Å²) in [5, 5.41) is 0. The van der Waals surface area contributed by atoms with Crippen LogP contribution in [-0.2, 0) is 0 Å². The van der Waals surface area contributed by atoms with Crippen molar-refractivity contribution in [1.82, 2.24) is 6.15 Å². The number of hydrogen-bond donors (Lipinski definition) is 1. The van der Waals surface area contributed by atoms with E-state index in [1.54, 1.807) is 0 Å². The van der Waals surface area contributed by atoms with Gasteiger partial charge in [-0.05, 0) is 0 Å². The third-order valence-corrected chi connectivity index (χ3v) is 0. The molecule has 0 radical (unpaired) electrons. The minimum atomic E-state index is 0. The Morgan fingerprint density at radius 3 is 0.800 bits per heavy atom. The SMILES string of the molecule is F.N.[Be+2].[F-].[F-]. The largest absolute Gasteiger partial charge is 2.00 e. The first-order valence-corrected chi connectivity index (χ1v) is 0. The summed E-state index contributed by atoms with van der Waals surface area (Å²) in [7, 11) is 0. The van der Waals surface area contributed by atoms with E-state index in [2.05, 4.69) is 0 Å². The van der Waals surface area contributed by atoms with Gasteiger partial charge in [0.2, 0.25) is 0 Å². The van der Waals surface area contributed by atoms with E-state index < -0.39 is 0 Å². The third kappa shape index (κ3) is 2190. The molecule has 0 amide bonds. The van der Waals surface area contributed by atoms with Crippen molar-refractivity contribution >= 4 is 10.1 Å². The molecule has 0 heterocycles. The first-order valence-electron chi connectivity index (χ1n) is 0. The molecule has 0 atom stereocenters. The van der Waals surface area contributed by atoms with Crippen molar-refractivity contribution in [3.8, 4) is 0 Å². The fourth-order valence-corrected chi connectivity index (χ4v) is 0. The molecule has 32 valence electrons. The summed E-state index contributed by atoms with van der Waals surface area (Å²) < 4.78 is 0. The van der Waals surface area contributed by atoms with Gasteiger partial charge in [-0.15, -0.1) is 0 Å². The molecule has 0 aliphatic rings. The quantitative estimate of drug-likeness (QED) is 0.291. The molecule has 0 spiro atoms. The van der Waals surface area contributed by atoms with Crippen LogP contribution in [0.15, 0.2) is 0 Å². The Kier molecular flexibility index (Phi) is 11600000. The van der Waals surface area contributed by atoms with Gasteiger partial charge < -0.3 is 15.6 Å².